The fraction of sp³-hybridized carbons (Fsp3) is 0.647. The fourth-order valence-electron chi connectivity index (χ4n) is 3.76. The summed E-state index contributed by atoms with van der Waals surface area (Å²) in [4.78, 5) is 2.02. The monoisotopic (exact) mass is 389 g/mol. The van der Waals surface area contributed by atoms with Crippen molar-refractivity contribution >= 4 is 19.7 Å². The number of piperidine rings is 1. The highest BCUT2D eigenvalue weighted by Crippen LogP contribution is 2.31. The SMILES string of the molecule is Cc1cc(S(=O)(=O)[C@H]2CS(=O)(=O)C[C@@H]2N2CCC(C)CC2)ccc1F. The zero-order valence-electron chi connectivity index (χ0n) is 14.5. The van der Waals surface area contributed by atoms with Crippen LogP contribution in [0, 0.1) is 18.7 Å². The second-order valence-corrected chi connectivity index (χ2v) is 11.7. The van der Waals surface area contributed by atoms with E-state index >= 15 is 0 Å². The lowest BCUT2D eigenvalue weighted by Crippen LogP contribution is -2.49. The molecule has 5 nitrogen and oxygen atoms in total. The molecule has 0 amide bonds. The molecule has 2 aliphatic rings. The number of benzene rings is 1. The minimum Gasteiger partial charge on any atom is -0.298 e. The topological polar surface area (TPSA) is 71.5 Å². The van der Waals surface area contributed by atoms with Gasteiger partial charge >= 0.3 is 0 Å². The maximum absolute atomic E-state index is 13.5. The molecule has 2 aliphatic heterocycles. The number of hydrogen-bond donors (Lipinski definition) is 0. The van der Waals surface area contributed by atoms with Crippen molar-refractivity contribution in [1.29, 1.82) is 0 Å². The minimum absolute atomic E-state index is 0.00359. The van der Waals surface area contributed by atoms with Crippen molar-refractivity contribution in [1.82, 2.24) is 4.90 Å². The summed E-state index contributed by atoms with van der Waals surface area (Å²) in [6, 6.07) is 3.14. The molecular weight excluding hydrogens is 365 g/mol. The Morgan fingerprint density at radius 3 is 2.40 bits per heavy atom. The van der Waals surface area contributed by atoms with Crippen LogP contribution in [-0.2, 0) is 19.7 Å². The van der Waals surface area contributed by atoms with Crippen LogP contribution in [0.25, 0.3) is 0 Å². The van der Waals surface area contributed by atoms with Crippen LogP contribution in [0.4, 0.5) is 4.39 Å². The molecule has 2 atom stereocenters. The number of halogens is 1. The van der Waals surface area contributed by atoms with Gasteiger partial charge in [0, 0.05) is 6.04 Å². The summed E-state index contributed by atoms with van der Waals surface area (Å²) in [6.45, 7) is 5.09. The lowest BCUT2D eigenvalue weighted by Gasteiger charge is -2.36. The Labute approximate surface area is 149 Å². The van der Waals surface area contributed by atoms with Gasteiger partial charge in [0.2, 0.25) is 0 Å². The van der Waals surface area contributed by atoms with Crippen molar-refractivity contribution in [2.75, 3.05) is 24.6 Å². The summed E-state index contributed by atoms with van der Waals surface area (Å²) in [6.07, 6.45) is 1.89. The number of nitrogens with zero attached hydrogens (tertiary/aromatic N) is 1. The highest BCUT2D eigenvalue weighted by molar-refractivity contribution is 7.96. The second kappa shape index (κ2) is 6.63. The summed E-state index contributed by atoms with van der Waals surface area (Å²) in [5, 5.41) is -0.990. The first-order valence-corrected chi connectivity index (χ1v) is 11.9. The van der Waals surface area contributed by atoms with Crippen LogP contribution >= 0.6 is 0 Å². The number of rotatable bonds is 3. The molecule has 0 spiro atoms. The van der Waals surface area contributed by atoms with E-state index in [1.165, 1.54) is 19.1 Å². The largest absolute Gasteiger partial charge is 0.298 e. The van der Waals surface area contributed by atoms with E-state index in [1.54, 1.807) is 0 Å². The molecule has 2 saturated heterocycles. The zero-order chi connectivity index (χ0) is 18.4. The van der Waals surface area contributed by atoms with Gasteiger partial charge in [-0.25, -0.2) is 21.2 Å². The van der Waals surface area contributed by atoms with E-state index in [-0.39, 0.29) is 22.0 Å². The van der Waals surface area contributed by atoms with Crippen LogP contribution < -0.4 is 0 Å². The molecule has 1 aromatic carbocycles. The average molecular weight is 390 g/mol. The molecule has 8 heteroatoms. The summed E-state index contributed by atoms with van der Waals surface area (Å²) < 4.78 is 64.1. The third-order valence-electron chi connectivity index (χ3n) is 5.42. The normalized spacial score (nSPS) is 28.3. The van der Waals surface area contributed by atoms with Gasteiger partial charge in [-0.2, -0.15) is 0 Å². The molecule has 0 bridgehead atoms. The third-order valence-corrected chi connectivity index (χ3v) is 9.53. The summed E-state index contributed by atoms with van der Waals surface area (Å²) >= 11 is 0. The number of hydrogen-bond acceptors (Lipinski definition) is 5. The molecule has 0 aliphatic carbocycles. The first-order chi connectivity index (χ1) is 11.6. The Morgan fingerprint density at radius 1 is 1.16 bits per heavy atom. The number of likely N-dealkylation sites (tertiary alicyclic amines) is 1. The Bertz CT molecular complexity index is 859. The molecule has 140 valence electrons. The molecule has 1 aromatic rings. The Hall–Kier alpha value is -0.990. The molecule has 0 radical (unpaired) electrons. The number of sulfone groups is 2. The summed E-state index contributed by atoms with van der Waals surface area (Å²) in [5.41, 5.74) is 0.241. The van der Waals surface area contributed by atoms with Crippen molar-refractivity contribution in [3.8, 4) is 0 Å². The molecular formula is C17H24FNO4S2. The summed E-state index contributed by atoms with van der Waals surface area (Å²) in [5.74, 6) is -0.378. The Morgan fingerprint density at radius 2 is 1.80 bits per heavy atom. The predicted octanol–water partition coefficient (Wildman–Crippen LogP) is 1.81. The number of aryl methyl sites for hydroxylation is 1. The van der Waals surface area contributed by atoms with Gasteiger partial charge in [-0.15, -0.1) is 0 Å². The average Bonchev–Trinajstić information content (AvgIpc) is 2.87. The van der Waals surface area contributed by atoms with Crippen LogP contribution in [0.2, 0.25) is 0 Å². The molecule has 0 saturated carbocycles. The smallest absolute Gasteiger partial charge is 0.183 e. The van der Waals surface area contributed by atoms with Gasteiger partial charge in [-0.3, -0.25) is 4.90 Å². The first kappa shape index (κ1) is 18.8. The lowest BCUT2D eigenvalue weighted by molar-refractivity contribution is 0.151. The van der Waals surface area contributed by atoms with Gasteiger partial charge in [-0.05, 0) is 62.5 Å². The van der Waals surface area contributed by atoms with Crippen LogP contribution in [0.3, 0.4) is 0 Å². The van der Waals surface area contributed by atoms with Crippen LogP contribution in [-0.4, -0.2) is 57.6 Å². The summed E-state index contributed by atoms with van der Waals surface area (Å²) in [7, 11) is -7.26. The predicted molar refractivity (Wildman–Crippen MR) is 94.5 cm³/mol. The van der Waals surface area contributed by atoms with E-state index in [9.17, 15) is 21.2 Å². The quantitative estimate of drug-likeness (QED) is 0.738. The van der Waals surface area contributed by atoms with Gasteiger partial charge in [0.1, 0.15) is 5.82 Å². The van der Waals surface area contributed by atoms with Crippen molar-refractivity contribution < 1.29 is 21.2 Å². The highest BCUT2D eigenvalue weighted by Gasteiger charge is 2.48. The third kappa shape index (κ3) is 3.75. The van der Waals surface area contributed by atoms with E-state index in [1.807, 2.05) is 4.90 Å². The van der Waals surface area contributed by atoms with E-state index in [0.29, 0.717) is 5.92 Å². The van der Waals surface area contributed by atoms with Gasteiger partial charge in [0.15, 0.2) is 19.7 Å². The Balaban J connectivity index is 1.95. The van der Waals surface area contributed by atoms with Crippen LogP contribution in [0.15, 0.2) is 23.1 Å². The van der Waals surface area contributed by atoms with Crippen molar-refractivity contribution in [3.05, 3.63) is 29.6 Å². The minimum atomic E-state index is -3.85. The van der Waals surface area contributed by atoms with Gasteiger partial charge in [0.25, 0.3) is 0 Å². The Kier molecular flexibility index (Phi) is 4.98. The molecule has 0 unspecified atom stereocenters. The van der Waals surface area contributed by atoms with Crippen LogP contribution in [0.1, 0.15) is 25.3 Å². The molecule has 3 rings (SSSR count). The van der Waals surface area contributed by atoms with E-state index in [0.717, 1.165) is 32.0 Å². The van der Waals surface area contributed by atoms with E-state index in [2.05, 4.69) is 6.92 Å². The molecule has 0 N–H and O–H groups in total. The highest BCUT2D eigenvalue weighted by atomic mass is 32.2. The van der Waals surface area contributed by atoms with Crippen molar-refractivity contribution in [3.63, 3.8) is 0 Å². The van der Waals surface area contributed by atoms with Crippen LogP contribution in [0.5, 0.6) is 0 Å². The molecule has 2 heterocycles. The molecule has 25 heavy (non-hydrogen) atoms. The maximum atomic E-state index is 13.5. The van der Waals surface area contributed by atoms with Crippen molar-refractivity contribution in [2.45, 2.75) is 42.9 Å². The van der Waals surface area contributed by atoms with Crippen molar-refractivity contribution in [2.24, 2.45) is 5.92 Å². The van der Waals surface area contributed by atoms with Gasteiger partial charge in [0.05, 0.1) is 21.7 Å². The van der Waals surface area contributed by atoms with Gasteiger partial charge in [-0.1, -0.05) is 6.92 Å². The zero-order valence-corrected chi connectivity index (χ0v) is 16.1. The van der Waals surface area contributed by atoms with E-state index in [4.69, 9.17) is 0 Å². The standard InChI is InChI=1S/C17H24FNO4S2/c1-12-5-7-19(8-6-12)16-10-24(20,21)11-17(16)25(22,23)14-3-4-15(18)13(2)9-14/h3-4,9,12,16-17H,5-8,10-11H2,1-2H3/t16-,17-/m0/s1. The second-order valence-electron chi connectivity index (χ2n) is 7.36. The van der Waals surface area contributed by atoms with Gasteiger partial charge < -0.3 is 0 Å². The molecule has 2 fully saturated rings. The maximum Gasteiger partial charge on any atom is 0.183 e. The van der Waals surface area contributed by atoms with E-state index < -0.39 is 36.8 Å². The fourth-order valence-corrected chi connectivity index (χ4v) is 8.68. The first-order valence-electron chi connectivity index (χ1n) is 8.55. The molecule has 0 aromatic heterocycles. The lowest BCUT2D eigenvalue weighted by atomic mass is 9.98.